The second kappa shape index (κ2) is 5.06. The molecule has 1 heterocycles. The predicted octanol–water partition coefficient (Wildman–Crippen LogP) is 3.81. The van der Waals surface area contributed by atoms with Crippen molar-refractivity contribution in [2.75, 3.05) is 0 Å². The van der Waals surface area contributed by atoms with Gasteiger partial charge in [0.2, 0.25) is 0 Å². The number of hydrogen-bond donors (Lipinski definition) is 0. The minimum atomic E-state index is -0.0788. The van der Waals surface area contributed by atoms with Gasteiger partial charge in [-0.1, -0.05) is 26.0 Å². The van der Waals surface area contributed by atoms with Crippen molar-refractivity contribution in [3.63, 3.8) is 0 Å². The normalized spacial score (nSPS) is 13.0. The number of nitriles is 1. The Kier molecular flexibility index (Phi) is 3.23. The summed E-state index contributed by atoms with van der Waals surface area (Å²) in [6, 6.07) is 12.9. The van der Waals surface area contributed by atoms with Crippen LogP contribution >= 0.6 is 0 Å². The van der Waals surface area contributed by atoms with Gasteiger partial charge in [-0.15, -0.1) is 0 Å². The largest absolute Gasteiger partial charge is 0.488 e. The number of carbonyl (C=O) groups is 1. The van der Waals surface area contributed by atoms with E-state index in [1.54, 1.807) is 18.2 Å². The molecule has 0 saturated carbocycles. The highest BCUT2D eigenvalue weighted by molar-refractivity contribution is 6.12. The molecule has 0 unspecified atom stereocenters. The molecule has 0 aromatic heterocycles. The number of benzene rings is 2. The Labute approximate surface area is 123 Å². The molecule has 3 nitrogen and oxygen atoms in total. The Balaban J connectivity index is 2.13. The summed E-state index contributed by atoms with van der Waals surface area (Å²) in [4.78, 5) is 12.7. The molecule has 21 heavy (non-hydrogen) atoms. The highest BCUT2D eigenvalue weighted by Gasteiger charge is 2.23. The van der Waals surface area contributed by atoms with Gasteiger partial charge in [-0.3, -0.25) is 4.79 Å². The van der Waals surface area contributed by atoms with Crippen molar-refractivity contribution in [3.8, 4) is 11.8 Å². The SMILES string of the molecule is CC(C)c1ccc2c(c1)OCc1ccc(C#N)cc1C2=O. The molecule has 1 aliphatic rings. The first-order valence-electron chi connectivity index (χ1n) is 6.94. The van der Waals surface area contributed by atoms with Gasteiger partial charge in [-0.2, -0.15) is 5.26 Å². The molecule has 3 rings (SSSR count). The smallest absolute Gasteiger partial charge is 0.197 e. The van der Waals surface area contributed by atoms with E-state index in [1.807, 2.05) is 18.2 Å². The average molecular weight is 277 g/mol. The molecule has 0 fully saturated rings. The first-order chi connectivity index (χ1) is 10.1. The van der Waals surface area contributed by atoms with Crippen LogP contribution in [0.1, 0.15) is 52.4 Å². The molecule has 0 bridgehead atoms. The molecular weight excluding hydrogens is 262 g/mol. The number of hydrogen-bond acceptors (Lipinski definition) is 3. The van der Waals surface area contributed by atoms with Gasteiger partial charge in [0.15, 0.2) is 5.78 Å². The van der Waals surface area contributed by atoms with E-state index in [1.165, 1.54) is 0 Å². The van der Waals surface area contributed by atoms with Crippen LogP contribution in [0.25, 0.3) is 0 Å². The summed E-state index contributed by atoms with van der Waals surface area (Å²) in [5.41, 5.74) is 3.58. The molecule has 0 aliphatic carbocycles. The summed E-state index contributed by atoms with van der Waals surface area (Å²) in [5, 5.41) is 9.00. The van der Waals surface area contributed by atoms with Gasteiger partial charge >= 0.3 is 0 Å². The van der Waals surface area contributed by atoms with Crippen molar-refractivity contribution in [1.29, 1.82) is 5.26 Å². The molecule has 104 valence electrons. The van der Waals surface area contributed by atoms with Crippen LogP contribution in [0.4, 0.5) is 0 Å². The molecule has 2 aromatic carbocycles. The lowest BCUT2D eigenvalue weighted by Crippen LogP contribution is -2.03. The van der Waals surface area contributed by atoms with E-state index in [0.717, 1.165) is 11.1 Å². The quantitative estimate of drug-likeness (QED) is 0.796. The zero-order chi connectivity index (χ0) is 15.0. The summed E-state index contributed by atoms with van der Waals surface area (Å²) < 4.78 is 5.81. The Morgan fingerprint density at radius 3 is 2.67 bits per heavy atom. The van der Waals surface area contributed by atoms with Crippen LogP contribution in [0.3, 0.4) is 0 Å². The zero-order valence-electron chi connectivity index (χ0n) is 12.0. The van der Waals surface area contributed by atoms with Gasteiger partial charge in [-0.05, 0) is 35.7 Å². The van der Waals surface area contributed by atoms with Crippen LogP contribution < -0.4 is 4.74 Å². The molecule has 3 heteroatoms. The second-order valence-corrected chi connectivity index (χ2v) is 5.51. The van der Waals surface area contributed by atoms with Crippen LogP contribution in [0, 0.1) is 11.3 Å². The lowest BCUT2D eigenvalue weighted by molar-refractivity contribution is 0.103. The van der Waals surface area contributed by atoms with Crippen molar-refractivity contribution in [2.24, 2.45) is 0 Å². The van der Waals surface area contributed by atoms with E-state index < -0.39 is 0 Å². The third-order valence-electron chi connectivity index (χ3n) is 3.78. The summed E-state index contributed by atoms with van der Waals surface area (Å²) in [6.07, 6.45) is 0. The lowest BCUT2D eigenvalue weighted by atomic mass is 9.95. The van der Waals surface area contributed by atoms with Crippen molar-refractivity contribution in [1.82, 2.24) is 0 Å². The van der Waals surface area contributed by atoms with Gasteiger partial charge in [0, 0.05) is 11.1 Å². The van der Waals surface area contributed by atoms with E-state index in [0.29, 0.717) is 35.0 Å². The Hall–Kier alpha value is -2.60. The minimum Gasteiger partial charge on any atom is -0.488 e. The topological polar surface area (TPSA) is 50.1 Å². The third-order valence-corrected chi connectivity index (χ3v) is 3.78. The highest BCUT2D eigenvalue weighted by atomic mass is 16.5. The Morgan fingerprint density at radius 2 is 1.95 bits per heavy atom. The summed E-state index contributed by atoms with van der Waals surface area (Å²) in [7, 11) is 0. The Bertz CT molecular complexity index is 769. The summed E-state index contributed by atoms with van der Waals surface area (Å²) in [5.74, 6) is 0.927. The first-order valence-corrected chi connectivity index (χ1v) is 6.94. The predicted molar refractivity (Wildman–Crippen MR) is 79.5 cm³/mol. The molecule has 0 amide bonds. The molecule has 2 aromatic rings. The molecular formula is C18H15NO2. The van der Waals surface area contributed by atoms with Crippen LogP contribution in [-0.4, -0.2) is 5.78 Å². The van der Waals surface area contributed by atoms with Gasteiger partial charge in [0.1, 0.15) is 12.4 Å². The van der Waals surface area contributed by atoms with Gasteiger partial charge in [-0.25, -0.2) is 0 Å². The van der Waals surface area contributed by atoms with Crippen LogP contribution in [0.15, 0.2) is 36.4 Å². The van der Waals surface area contributed by atoms with Gasteiger partial charge < -0.3 is 4.74 Å². The third kappa shape index (κ3) is 2.30. The number of nitrogens with zero attached hydrogens (tertiary/aromatic N) is 1. The zero-order valence-corrected chi connectivity index (χ0v) is 12.0. The van der Waals surface area contributed by atoms with Gasteiger partial charge in [0.25, 0.3) is 0 Å². The fourth-order valence-corrected chi connectivity index (χ4v) is 2.49. The maximum Gasteiger partial charge on any atom is 0.197 e. The first kappa shape index (κ1) is 13.4. The number of carbonyl (C=O) groups excluding carboxylic acids is 1. The van der Waals surface area contributed by atoms with Crippen LogP contribution in [0.5, 0.6) is 5.75 Å². The van der Waals surface area contributed by atoms with Crippen molar-refractivity contribution >= 4 is 5.78 Å². The van der Waals surface area contributed by atoms with E-state index >= 15 is 0 Å². The fraction of sp³-hybridized carbons (Fsp3) is 0.222. The standard InChI is InChI=1S/C18H15NO2/c1-11(2)13-5-6-15-17(8-13)21-10-14-4-3-12(9-19)7-16(14)18(15)20/h3-8,11H,10H2,1-2H3. The van der Waals surface area contributed by atoms with Crippen molar-refractivity contribution < 1.29 is 9.53 Å². The summed E-state index contributed by atoms with van der Waals surface area (Å²) in [6.45, 7) is 4.56. The minimum absolute atomic E-state index is 0.0788. The molecule has 0 atom stereocenters. The maximum absolute atomic E-state index is 12.7. The van der Waals surface area contributed by atoms with E-state index in [4.69, 9.17) is 10.00 Å². The van der Waals surface area contributed by atoms with Crippen LogP contribution in [-0.2, 0) is 6.61 Å². The van der Waals surface area contributed by atoms with E-state index in [2.05, 4.69) is 19.9 Å². The molecule has 0 radical (unpaired) electrons. The van der Waals surface area contributed by atoms with Gasteiger partial charge in [0.05, 0.1) is 17.2 Å². The summed E-state index contributed by atoms with van der Waals surface area (Å²) >= 11 is 0. The van der Waals surface area contributed by atoms with Crippen LogP contribution in [0.2, 0.25) is 0 Å². The molecule has 0 N–H and O–H groups in total. The molecule has 1 aliphatic heterocycles. The number of ether oxygens (including phenoxy) is 1. The molecule has 0 spiro atoms. The number of fused-ring (bicyclic) bond motifs is 2. The Morgan fingerprint density at radius 1 is 1.14 bits per heavy atom. The lowest BCUT2D eigenvalue weighted by Gasteiger charge is -2.10. The van der Waals surface area contributed by atoms with Crippen molar-refractivity contribution in [3.05, 3.63) is 64.2 Å². The van der Waals surface area contributed by atoms with E-state index in [9.17, 15) is 4.79 Å². The molecule has 0 saturated heterocycles. The highest BCUT2D eigenvalue weighted by Crippen LogP contribution is 2.31. The van der Waals surface area contributed by atoms with E-state index in [-0.39, 0.29) is 5.78 Å². The maximum atomic E-state index is 12.7. The fourth-order valence-electron chi connectivity index (χ4n) is 2.49. The average Bonchev–Trinajstić information content (AvgIpc) is 2.64. The monoisotopic (exact) mass is 277 g/mol. The number of ketones is 1. The number of rotatable bonds is 1. The second-order valence-electron chi connectivity index (χ2n) is 5.51. The van der Waals surface area contributed by atoms with Crippen molar-refractivity contribution in [2.45, 2.75) is 26.4 Å².